The summed E-state index contributed by atoms with van der Waals surface area (Å²) in [5, 5.41) is 8.94. The Hall–Kier alpha value is -3.26. The average molecular weight is 317 g/mol. The molecule has 5 heteroatoms. The van der Waals surface area contributed by atoms with Crippen molar-refractivity contribution in [3.63, 3.8) is 0 Å². The summed E-state index contributed by atoms with van der Waals surface area (Å²) >= 11 is 0. The van der Waals surface area contributed by atoms with E-state index in [4.69, 9.17) is 14.7 Å². The van der Waals surface area contributed by atoms with E-state index in [1.165, 1.54) is 0 Å². The van der Waals surface area contributed by atoms with Gasteiger partial charge in [-0.2, -0.15) is 5.26 Å². The van der Waals surface area contributed by atoms with Crippen molar-refractivity contribution in [1.29, 1.82) is 5.26 Å². The zero-order valence-electron chi connectivity index (χ0n) is 13.0. The van der Waals surface area contributed by atoms with Gasteiger partial charge in [0, 0.05) is 18.7 Å². The van der Waals surface area contributed by atoms with Gasteiger partial charge in [-0.15, -0.1) is 0 Å². The first-order valence-electron chi connectivity index (χ1n) is 7.75. The van der Waals surface area contributed by atoms with Crippen LogP contribution in [0.25, 0.3) is 23.2 Å². The molecule has 0 N–H and O–H groups in total. The second kappa shape index (κ2) is 6.09. The predicted molar refractivity (Wildman–Crippen MR) is 91.5 cm³/mol. The largest absolute Gasteiger partial charge is 0.454 e. The van der Waals surface area contributed by atoms with Crippen molar-refractivity contribution in [3.05, 3.63) is 53.9 Å². The third kappa shape index (κ3) is 2.59. The van der Waals surface area contributed by atoms with Crippen molar-refractivity contribution in [3.8, 4) is 17.6 Å². The summed E-state index contributed by atoms with van der Waals surface area (Å²) in [5.41, 5.74) is 2.89. The van der Waals surface area contributed by atoms with E-state index in [1.54, 1.807) is 0 Å². The smallest absolute Gasteiger partial charge is 0.231 e. The van der Waals surface area contributed by atoms with Gasteiger partial charge in [-0.25, -0.2) is 4.98 Å². The SMILES string of the molecule is N#CCCn1c(/C=C/c2ccccc2)nc2cc3c(cc21)OCO3. The lowest BCUT2D eigenvalue weighted by Crippen LogP contribution is -2.00. The molecule has 4 rings (SSSR count). The van der Waals surface area contributed by atoms with Crippen LogP contribution < -0.4 is 9.47 Å². The molecule has 0 bridgehead atoms. The monoisotopic (exact) mass is 317 g/mol. The molecule has 0 amide bonds. The van der Waals surface area contributed by atoms with Crippen LogP contribution in [-0.2, 0) is 6.54 Å². The third-order valence-corrected chi connectivity index (χ3v) is 3.94. The maximum absolute atomic E-state index is 8.94. The number of fused-ring (bicyclic) bond motifs is 2. The molecule has 0 aliphatic carbocycles. The molecule has 0 saturated heterocycles. The molecule has 0 spiro atoms. The Morgan fingerprint density at radius 2 is 1.92 bits per heavy atom. The Bertz CT molecular complexity index is 952. The highest BCUT2D eigenvalue weighted by atomic mass is 16.7. The van der Waals surface area contributed by atoms with Crippen molar-refractivity contribution in [2.75, 3.05) is 6.79 Å². The molecular weight excluding hydrogens is 302 g/mol. The summed E-state index contributed by atoms with van der Waals surface area (Å²) in [4.78, 5) is 4.69. The normalized spacial score (nSPS) is 12.8. The van der Waals surface area contributed by atoms with Crippen molar-refractivity contribution in [1.82, 2.24) is 9.55 Å². The number of benzene rings is 2. The minimum Gasteiger partial charge on any atom is -0.454 e. The van der Waals surface area contributed by atoms with Gasteiger partial charge in [0.25, 0.3) is 0 Å². The van der Waals surface area contributed by atoms with Crippen LogP contribution >= 0.6 is 0 Å². The van der Waals surface area contributed by atoms with Gasteiger partial charge in [0.2, 0.25) is 6.79 Å². The maximum Gasteiger partial charge on any atom is 0.231 e. The van der Waals surface area contributed by atoms with Crippen molar-refractivity contribution in [2.45, 2.75) is 13.0 Å². The topological polar surface area (TPSA) is 60.1 Å². The van der Waals surface area contributed by atoms with Gasteiger partial charge in [0.1, 0.15) is 5.82 Å². The fraction of sp³-hybridized carbons (Fsp3) is 0.158. The Labute approximate surface area is 139 Å². The first-order valence-corrected chi connectivity index (χ1v) is 7.75. The lowest BCUT2D eigenvalue weighted by atomic mass is 10.2. The van der Waals surface area contributed by atoms with Crippen LogP contribution in [0, 0.1) is 11.3 Å². The highest BCUT2D eigenvalue weighted by Gasteiger charge is 2.18. The van der Waals surface area contributed by atoms with Gasteiger partial charge in [0.15, 0.2) is 11.5 Å². The molecule has 1 aliphatic rings. The quantitative estimate of drug-likeness (QED) is 0.733. The summed E-state index contributed by atoms with van der Waals surface area (Å²) in [7, 11) is 0. The van der Waals surface area contributed by atoms with Crippen molar-refractivity contribution >= 4 is 23.2 Å². The third-order valence-electron chi connectivity index (χ3n) is 3.94. The van der Waals surface area contributed by atoms with Gasteiger partial charge in [0.05, 0.1) is 23.5 Å². The number of ether oxygens (including phenoxy) is 2. The molecule has 0 saturated carbocycles. The molecular formula is C19H15N3O2. The molecule has 118 valence electrons. The van der Waals surface area contributed by atoms with Crippen LogP contribution in [0.4, 0.5) is 0 Å². The first kappa shape index (κ1) is 14.3. The minimum atomic E-state index is 0.237. The lowest BCUT2D eigenvalue weighted by Gasteiger charge is -2.04. The molecule has 0 atom stereocenters. The van der Waals surface area contributed by atoms with Gasteiger partial charge < -0.3 is 14.0 Å². The fourth-order valence-electron chi connectivity index (χ4n) is 2.79. The predicted octanol–water partition coefficient (Wildman–Crippen LogP) is 3.85. The Morgan fingerprint density at radius 1 is 1.12 bits per heavy atom. The molecule has 2 heterocycles. The second-order valence-corrected chi connectivity index (χ2v) is 5.47. The number of nitriles is 1. The van der Waals surface area contributed by atoms with E-state index in [0.29, 0.717) is 18.7 Å². The van der Waals surface area contributed by atoms with E-state index in [0.717, 1.165) is 28.2 Å². The number of hydrogen-bond donors (Lipinski definition) is 0. The van der Waals surface area contributed by atoms with Crippen molar-refractivity contribution < 1.29 is 9.47 Å². The molecule has 3 aromatic rings. The molecule has 0 fully saturated rings. The standard InChI is InChI=1S/C19H15N3O2/c20-9-4-10-22-16-12-18-17(23-13-24-18)11-15(16)21-19(22)8-7-14-5-2-1-3-6-14/h1-3,5-8,11-12H,4,10,13H2/b8-7+. The number of imidazole rings is 1. The Morgan fingerprint density at radius 3 is 2.71 bits per heavy atom. The van der Waals surface area contributed by atoms with E-state index in [1.807, 2.05) is 59.2 Å². The number of aryl methyl sites for hydroxylation is 1. The number of rotatable bonds is 4. The summed E-state index contributed by atoms with van der Waals surface area (Å²) < 4.78 is 12.9. The highest BCUT2D eigenvalue weighted by Crippen LogP contribution is 2.36. The van der Waals surface area contributed by atoms with E-state index < -0.39 is 0 Å². The van der Waals surface area contributed by atoms with Crippen molar-refractivity contribution in [2.24, 2.45) is 0 Å². The summed E-state index contributed by atoms with van der Waals surface area (Å²) in [5.74, 6) is 2.25. The molecule has 0 radical (unpaired) electrons. The van der Waals surface area contributed by atoms with E-state index in [-0.39, 0.29) is 6.79 Å². The van der Waals surface area contributed by atoms with Crippen LogP contribution in [0.2, 0.25) is 0 Å². The zero-order valence-corrected chi connectivity index (χ0v) is 13.0. The van der Waals surface area contributed by atoms with E-state index >= 15 is 0 Å². The average Bonchev–Trinajstić information content (AvgIpc) is 3.20. The van der Waals surface area contributed by atoms with E-state index in [9.17, 15) is 0 Å². The van der Waals surface area contributed by atoms with E-state index in [2.05, 4.69) is 11.1 Å². The second-order valence-electron chi connectivity index (χ2n) is 5.47. The lowest BCUT2D eigenvalue weighted by molar-refractivity contribution is 0.174. The molecule has 0 unspecified atom stereocenters. The highest BCUT2D eigenvalue weighted by molar-refractivity contribution is 5.83. The fourth-order valence-corrected chi connectivity index (χ4v) is 2.79. The van der Waals surface area contributed by atoms with Crippen LogP contribution in [0.1, 0.15) is 17.8 Å². The van der Waals surface area contributed by atoms with Crippen LogP contribution in [0.3, 0.4) is 0 Å². The number of aromatic nitrogens is 2. The molecule has 24 heavy (non-hydrogen) atoms. The van der Waals surface area contributed by atoms with Gasteiger partial charge >= 0.3 is 0 Å². The Kier molecular flexibility index (Phi) is 3.64. The van der Waals surface area contributed by atoms with Crippen LogP contribution in [0.15, 0.2) is 42.5 Å². The van der Waals surface area contributed by atoms with Gasteiger partial charge in [-0.05, 0) is 11.6 Å². The Balaban J connectivity index is 1.79. The van der Waals surface area contributed by atoms with Gasteiger partial charge in [-0.1, -0.05) is 36.4 Å². The molecule has 1 aliphatic heterocycles. The molecule has 5 nitrogen and oxygen atoms in total. The van der Waals surface area contributed by atoms with Gasteiger partial charge in [-0.3, -0.25) is 0 Å². The van der Waals surface area contributed by atoms with Crippen LogP contribution in [-0.4, -0.2) is 16.3 Å². The number of nitrogens with zero attached hydrogens (tertiary/aromatic N) is 3. The number of hydrogen-bond acceptors (Lipinski definition) is 4. The minimum absolute atomic E-state index is 0.237. The summed E-state index contributed by atoms with van der Waals surface area (Å²) in [6.07, 6.45) is 4.41. The summed E-state index contributed by atoms with van der Waals surface area (Å²) in [6, 6.07) is 16.1. The molecule has 2 aromatic carbocycles. The zero-order chi connectivity index (χ0) is 16.4. The maximum atomic E-state index is 8.94. The summed E-state index contributed by atoms with van der Waals surface area (Å²) in [6.45, 7) is 0.821. The first-order chi connectivity index (χ1) is 11.8. The van der Waals surface area contributed by atoms with Crippen LogP contribution in [0.5, 0.6) is 11.5 Å². The molecule has 1 aromatic heterocycles.